The molecule has 0 N–H and O–H groups in total. The lowest BCUT2D eigenvalue weighted by Crippen LogP contribution is -2.30. The average Bonchev–Trinajstić information content (AvgIpc) is 2.61. The first-order chi connectivity index (χ1) is 6.52. The van der Waals surface area contributed by atoms with E-state index in [9.17, 15) is 0 Å². The molecular weight excluding hydrogens is 236 g/mol. The molecule has 4 unspecified atom stereocenters. The standard InChI is InChI=1S/C13H23Br/c1-13(2,3)12-8-9-6-10(4-5-14)11(12)7-9/h9-12H,4-8H2,1-3H3. The highest BCUT2D eigenvalue weighted by atomic mass is 79.9. The molecular formula is C13H23Br. The fourth-order valence-corrected chi connectivity index (χ4v) is 4.55. The molecule has 0 heterocycles. The minimum Gasteiger partial charge on any atom is -0.0928 e. The van der Waals surface area contributed by atoms with Gasteiger partial charge in [0.1, 0.15) is 0 Å². The van der Waals surface area contributed by atoms with Crippen LogP contribution >= 0.6 is 15.9 Å². The van der Waals surface area contributed by atoms with E-state index >= 15 is 0 Å². The highest BCUT2D eigenvalue weighted by molar-refractivity contribution is 9.09. The zero-order valence-electron chi connectivity index (χ0n) is 9.72. The average molecular weight is 259 g/mol. The molecule has 1 heteroatoms. The highest BCUT2D eigenvalue weighted by Gasteiger charge is 2.49. The second kappa shape index (κ2) is 3.81. The number of alkyl halides is 1. The molecule has 82 valence electrons. The van der Waals surface area contributed by atoms with Gasteiger partial charge >= 0.3 is 0 Å². The van der Waals surface area contributed by atoms with Crippen LogP contribution in [0.5, 0.6) is 0 Å². The number of hydrogen-bond donors (Lipinski definition) is 0. The van der Waals surface area contributed by atoms with Crippen LogP contribution in [-0.2, 0) is 0 Å². The lowest BCUT2D eigenvalue weighted by atomic mass is 9.68. The van der Waals surface area contributed by atoms with E-state index in [1.54, 1.807) is 6.42 Å². The molecule has 4 atom stereocenters. The monoisotopic (exact) mass is 258 g/mol. The van der Waals surface area contributed by atoms with Crippen molar-refractivity contribution in [2.24, 2.45) is 29.1 Å². The second-order valence-corrected chi connectivity index (χ2v) is 7.24. The summed E-state index contributed by atoms with van der Waals surface area (Å²) < 4.78 is 0. The lowest BCUT2D eigenvalue weighted by molar-refractivity contribution is 0.117. The van der Waals surface area contributed by atoms with E-state index in [-0.39, 0.29) is 0 Å². The fourth-order valence-electron chi connectivity index (χ4n) is 3.96. The first kappa shape index (κ1) is 11.0. The predicted octanol–water partition coefficient (Wildman–Crippen LogP) is 4.48. The van der Waals surface area contributed by atoms with Crippen molar-refractivity contribution in [1.29, 1.82) is 0 Å². The van der Waals surface area contributed by atoms with Crippen LogP contribution in [0.1, 0.15) is 46.5 Å². The number of hydrogen-bond acceptors (Lipinski definition) is 0. The van der Waals surface area contributed by atoms with Crippen molar-refractivity contribution in [3.8, 4) is 0 Å². The van der Waals surface area contributed by atoms with Crippen molar-refractivity contribution in [2.45, 2.75) is 46.5 Å². The molecule has 0 nitrogen and oxygen atoms in total. The molecule has 0 aromatic rings. The van der Waals surface area contributed by atoms with Crippen molar-refractivity contribution in [2.75, 3.05) is 5.33 Å². The molecule has 14 heavy (non-hydrogen) atoms. The minimum absolute atomic E-state index is 0.546. The molecule has 0 aromatic heterocycles. The largest absolute Gasteiger partial charge is 0.0928 e. The molecule has 2 aliphatic carbocycles. The van der Waals surface area contributed by atoms with Crippen molar-refractivity contribution < 1.29 is 0 Å². The third-order valence-corrected chi connectivity index (χ3v) is 5.00. The minimum atomic E-state index is 0.546. The van der Waals surface area contributed by atoms with Gasteiger partial charge in [0.25, 0.3) is 0 Å². The normalized spacial score (nSPS) is 42.0. The van der Waals surface area contributed by atoms with E-state index in [4.69, 9.17) is 0 Å². The van der Waals surface area contributed by atoms with Gasteiger partial charge in [0.2, 0.25) is 0 Å². The van der Waals surface area contributed by atoms with Gasteiger partial charge in [-0.3, -0.25) is 0 Å². The molecule has 0 spiro atoms. The van der Waals surface area contributed by atoms with Gasteiger partial charge in [-0.2, -0.15) is 0 Å². The third-order valence-electron chi connectivity index (χ3n) is 4.54. The molecule has 0 aliphatic heterocycles. The van der Waals surface area contributed by atoms with Crippen LogP contribution in [0.2, 0.25) is 0 Å². The van der Waals surface area contributed by atoms with Gasteiger partial charge in [0.05, 0.1) is 0 Å². The summed E-state index contributed by atoms with van der Waals surface area (Å²) in [6.07, 6.45) is 6.00. The van der Waals surface area contributed by atoms with E-state index in [1.807, 2.05) is 0 Å². The maximum atomic E-state index is 3.60. The Bertz CT molecular complexity index is 204. The Kier molecular flexibility index (Phi) is 2.99. The van der Waals surface area contributed by atoms with Crippen molar-refractivity contribution in [1.82, 2.24) is 0 Å². The maximum absolute atomic E-state index is 3.60. The number of fused-ring (bicyclic) bond motifs is 2. The Labute approximate surface area is 97.0 Å². The highest BCUT2D eigenvalue weighted by Crippen LogP contribution is 2.57. The van der Waals surface area contributed by atoms with Gasteiger partial charge < -0.3 is 0 Å². The fraction of sp³-hybridized carbons (Fsp3) is 1.00. The Balaban J connectivity index is 2.04. The van der Waals surface area contributed by atoms with Crippen molar-refractivity contribution in [3.05, 3.63) is 0 Å². The van der Waals surface area contributed by atoms with Crippen LogP contribution in [0.3, 0.4) is 0 Å². The molecule has 0 saturated heterocycles. The lowest BCUT2D eigenvalue weighted by Gasteiger charge is -2.38. The molecule has 2 saturated carbocycles. The summed E-state index contributed by atoms with van der Waals surface area (Å²) in [7, 11) is 0. The van der Waals surface area contributed by atoms with Crippen molar-refractivity contribution in [3.63, 3.8) is 0 Å². The number of rotatable bonds is 2. The topological polar surface area (TPSA) is 0 Å². The molecule has 0 amide bonds. The van der Waals surface area contributed by atoms with Gasteiger partial charge in [-0.25, -0.2) is 0 Å². The smallest absolute Gasteiger partial charge is 0.00340 e. The molecule has 0 aromatic carbocycles. The maximum Gasteiger partial charge on any atom is 0.00340 e. The van der Waals surface area contributed by atoms with E-state index < -0.39 is 0 Å². The Hall–Kier alpha value is 0.480. The van der Waals surface area contributed by atoms with Gasteiger partial charge in [-0.15, -0.1) is 0 Å². The summed E-state index contributed by atoms with van der Waals surface area (Å²) in [5.41, 5.74) is 0.546. The first-order valence-electron chi connectivity index (χ1n) is 6.08. The number of halogens is 1. The van der Waals surface area contributed by atoms with Gasteiger partial charge in [0.15, 0.2) is 0 Å². The van der Waals surface area contributed by atoms with E-state index in [2.05, 4.69) is 36.7 Å². The van der Waals surface area contributed by atoms with E-state index in [1.165, 1.54) is 24.6 Å². The van der Waals surface area contributed by atoms with Crippen LogP contribution in [-0.4, -0.2) is 5.33 Å². The third kappa shape index (κ3) is 1.89. The zero-order chi connectivity index (χ0) is 10.3. The zero-order valence-corrected chi connectivity index (χ0v) is 11.3. The van der Waals surface area contributed by atoms with Gasteiger partial charge in [0, 0.05) is 5.33 Å². The molecule has 2 bridgehead atoms. The van der Waals surface area contributed by atoms with Crippen molar-refractivity contribution >= 4 is 15.9 Å². The summed E-state index contributed by atoms with van der Waals surface area (Å²) in [5.74, 6) is 4.17. The van der Waals surface area contributed by atoms with E-state index in [0.29, 0.717) is 5.41 Å². The quantitative estimate of drug-likeness (QED) is 0.641. The molecule has 2 aliphatic rings. The van der Waals surface area contributed by atoms with Crippen LogP contribution in [0.25, 0.3) is 0 Å². The first-order valence-corrected chi connectivity index (χ1v) is 7.20. The predicted molar refractivity (Wildman–Crippen MR) is 65.7 cm³/mol. The molecule has 2 rings (SSSR count). The van der Waals surface area contributed by atoms with E-state index in [0.717, 1.165) is 23.7 Å². The summed E-state index contributed by atoms with van der Waals surface area (Å²) in [6.45, 7) is 7.30. The van der Waals surface area contributed by atoms with Crippen LogP contribution < -0.4 is 0 Å². The molecule has 2 fully saturated rings. The second-order valence-electron chi connectivity index (χ2n) is 6.45. The van der Waals surface area contributed by atoms with Crippen LogP contribution in [0.15, 0.2) is 0 Å². The summed E-state index contributed by atoms with van der Waals surface area (Å²) >= 11 is 3.60. The SMILES string of the molecule is CC(C)(C)C1CC2CC(CCBr)C1C2. The Morgan fingerprint density at radius 3 is 2.36 bits per heavy atom. The van der Waals surface area contributed by atoms with Crippen LogP contribution in [0, 0.1) is 29.1 Å². The summed E-state index contributed by atoms with van der Waals surface area (Å²) in [5, 5.41) is 1.21. The van der Waals surface area contributed by atoms with Crippen LogP contribution in [0.4, 0.5) is 0 Å². The summed E-state index contributed by atoms with van der Waals surface area (Å²) in [6, 6.07) is 0. The van der Waals surface area contributed by atoms with Gasteiger partial charge in [-0.05, 0) is 54.8 Å². The summed E-state index contributed by atoms with van der Waals surface area (Å²) in [4.78, 5) is 0. The molecule has 0 radical (unpaired) electrons. The van der Waals surface area contributed by atoms with Gasteiger partial charge in [-0.1, -0.05) is 36.7 Å². The Morgan fingerprint density at radius 2 is 1.86 bits per heavy atom. The Morgan fingerprint density at radius 1 is 1.14 bits per heavy atom.